The molecule has 0 aliphatic heterocycles. The predicted octanol–water partition coefficient (Wildman–Crippen LogP) is 7.33. The van der Waals surface area contributed by atoms with E-state index in [-0.39, 0.29) is 5.82 Å². The van der Waals surface area contributed by atoms with Gasteiger partial charge in [-0.05, 0) is 55.2 Å². The van der Waals surface area contributed by atoms with Crippen molar-refractivity contribution in [3.8, 4) is 0 Å². The molecule has 0 saturated heterocycles. The Morgan fingerprint density at radius 2 is 1.82 bits per heavy atom. The molecule has 1 aromatic carbocycles. The van der Waals surface area contributed by atoms with Crippen LogP contribution < -0.4 is 0 Å². The summed E-state index contributed by atoms with van der Waals surface area (Å²) in [4.78, 5) is 0. The molecule has 124 valence electrons. The minimum Gasteiger partial charge on any atom is -0.207 e. The van der Waals surface area contributed by atoms with Crippen LogP contribution in [0.1, 0.15) is 83.1 Å². The topological polar surface area (TPSA) is 0 Å². The standard InChI is InChI=1S/C20H30ClF/c1-2-3-4-6-12-20(13-7-5-8-14-20)15-11-17-9-10-18(21)16-19(17)22/h9-10,16H,2-8,11-15H2,1H3. The Bertz CT molecular complexity index is 449. The quantitative estimate of drug-likeness (QED) is 0.439. The van der Waals surface area contributed by atoms with Crippen molar-refractivity contribution in [3.05, 3.63) is 34.6 Å². The van der Waals surface area contributed by atoms with Crippen LogP contribution in [0.2, 0.25) is 5.02 Å². The normalized spacial score (nSPS) is 17.6. The van der Waals surface area contributed by atoms with Crippen molar-refractivity contribution in [2.24, 2.45) is 5.41 Å². The Balaban J connectivity index is 1.93. The second kappa shape index (κ2) is 8.91. The van der Waals surface area contributed by atoms with Crippen LogP contribution in [0.25, 0.3) is 0 Å². The van der Waals surface area contributed by atoms with Crippen molar-refractivity contribution >= 4 is 11.6 Å². The van der Waals surface area contributed by atoms with Crippen molar-refractivity contribution in [1.82, 2.24) is 0 Å². The fourth-order valence-corrected chi connectivity index (χ4v) is 4.14. The Morgan fingerprint density at radius 1 is 1.05 bits per heavy atom. The van der Waals surface area contributed by atoms with Gasteiger partial charge in [0.2, 0.25) is 0 Å². The highest BCUT2D eigenvalue weighted by Crippen LogP contribution is 2.44. The van der Waals surface area contributed by atoms with Gasteiger partial charge in [-0.2, -0.15) is 0 Å². The van der Waals surface area contributed by atoms with E-state index in [1.807, 2.05) is 12.1 Å². The summed E-state index contributed by atoms with van der Waals surface area (Å²) in [6.07, 6.45) is 15.5. The summed E-state index contributed by atoms with van der Waals surface area (Å²) < 4.78 is 14.0. The average molecular weight is 325 g/mol. The van der Waals surface area contributed by atoms with Gasteiger partial charge in [-0.1, -0.05) is 69.5 Å². The average Bonchev–Trinajstić information content (AvgIpc) is 2.52. The van der Waals surface area contributed by atoms with E-state index < -0.39 is 0 Å². The van der Waals surface area contributed by atoms with E-state index in [0.29, 0.717) is 10.4 Å². The maximum Gasteiger partial charge on any atom is 0.127 e. The maximum atomic E-state index is 14.0. The van der Waals surface area contributed by atoms with Gasteiger partial charge in [-0.15, -0.1) is 0 Å². The first-order chi connectivity index (χ1) is 10.7. The molecule has 1 aliphatic carbocycles. The lowest BCUT2D eigenvalue weighted by Crippen LogP contribution is -2.25. The summed E-state index contributed by atoms with van der Waals surface area (Å²) in [7, 11) is 0. The van der Waals surface area contributed by atoms with E-state index >= 15 is 0 Å². The van der Waals surface area contributed by atoms with Crippen molar-refractivity contribution in [3.63, 3.8) is 0 Å². The lowest BCUT2D eigenvalue weighted by Gasteiger charge is -2.38. The number of benzene rings is 1. The van der Waals surface area contributed by atoms with E-state index in [4.69, 9.17) is 11.6 Å². The summed E-state index contributed by atoms with van der Waals surface area (Å²) >= 11 is 5.85. The van der Waals surface area contributed by atoms with Gasteiger partial charge >= 0.3 is 0 Å². The molecule has 2 heteroatoms. The largest absolute Gasteiger partial charge is 0.207 e. The van der Waals surface area contributed by atoms with E-state index in [9.17, 15) is 4.39 Å². The Hall–Kier alpha value is -0.560. The van der Waals surface area contributed by atoms with Gasteiger partial charge in [0.15, 0.2) is 0 Å². The van der Waals surface area contributed by atoms with Gasteiger partial charge in [-0.3, -0.25) is 0 Å². The summed E-state index contributed by atoms with van der Waals surface area (Å²) in [6, 6.07) is 5.13. The predicted molar refractivity (Wildman–Crippen MR) is 94.0 cm³/mol. The summed E-state index contributed by atoms with van der Waals surface area (Å²) in [6.45, 7) is 2.26. The molecule has 0 amide bonds. The number of unbranched alkanes of at least 4 members (excludes halogenated alkanes) is 3. The summed E-state index contributed by atoms with van der Waals surface area (Å²) in [5.41, 5.74) is 1.31. The van der Waals surface area contributed by atoms with Crippen LogP contribution in [0.15, 0.2) is 18.2 Å². The van der Waals surface area contributed by atoms with Crippen LogP contribution in [0.5, 0.6) is 0 Å². The van der Waals surface area contributed by atoms with Gasteiger partial charge in [0.1, 0.15) is 5.82 Å². The maximum absolute atomic E-state index is 14.0. The molecule has 0 atom stereocenters. The zero-order chi connectivity index (χ0) is 15.8. The second-order valence-electron chi connectivity index (χ2n) is 7.11. The fourth-order valence-electron chi connectivity index (χ4n) is 3.98. The minimum atomic E-state index is -0.135. The Kier molecular flexibility index (Phi) is 7.21. The zero-order valence-electron chi connectivity index (χ0n) is 14.0. The van der Waals surface area contributed by atoms with E-state index in [2.05, 4.69) is 6.92 Å². The second-order valence-corrected chi connectivity index (χ2v) is 7.54. The van der Waals surface area contributed by atoms with Crippen LogP contribution in [0.3, 0.4) is 0 Å². The van der Waals surface area contributed by atoms with Gasteiger partial charge < -0.3 is 0 Å². The molecule has 0 unspecified atom stereocenters. The van der Waals surface area contributed by atoms with Crippen molar-refractivity contribution in [2.75, 3.05) is 0 Å². The number of halogens is 2. The zero-order valence-corrected chi connectivity index (χ0v) is 14.7. The molecule has 0 radical (unpaired) electrons. The number of rotatable bonds is 8. The van der Waals surface area contributed by atoms with Crippen molar-refractivity contribution in [1.29, 1.82) is 0 Å². The van der Waals surface area contributed by atoms with E-state index in [1.165, 1.54) is 70.3 Å². The molecule has 2 rings (SSSR count). The molecule has 22 heavy (non-hydrogen) atoms. The smallest absolute Gasteiger partial charge is 0.127 e. The number of hydrogen-bond donors (Lipinski definition) is 0. The fraction of sp³-hybridized carbons (Fsp3) is 0.700. The third-order valence-corrected chi connectivity index (χ3v) is 5.65. The first-order valence-corrected chi connectivity index (χ1v) is 9.47. The Morgan fingerprint density at radius 3 is 2.50 bits per heavy atom. The molecule has 0 aromatic heterocycles. The third kappa shape index (κ3) is 5.26. The Labute approximate surface area is 140 Å². The third-order valence-electron chi connectivity index (χ3n) is 5.41. The van der Waals surface area contributed by atoms with Gasteiger partial charge in [0, 0.05) is 5.02 Å². The lowest BCUT2D eigenvalue weighted by atomic mass is 9.68. The van der Waals surface area contributed by atoms with Crippen LogP contribution in [0, 0.1) is 11.2 Å². The van der Waals surface area contributed by atoms with Crippen molar-refractivity contribution < 1.29 is 4.39 Å². The highest BCUT2D eigenvalue weighted by molar-refractivity contribution is 6.30. The molecule has 1 fully saturated rings. The summed E-state index contributed by atoms with van der Waals surface area (Å²) in [5, 5.41) is 0.494. The minimum absolute atomic E-state index is 0.135. The molecule has 0 spiro atoms. The van der Waals surface area contributed by atoms with Gasteiger partial charge in [-0.25, -0.2) is 4.39 Å². The summed E-state index contributed by atoms with van der Waals surface area (Å²) in [5.74, 6) is -0.135. The molecule has 0 bridgehead atoms. The van der Waals surface area contributed by atoms with Crippen LogP contribution >= 0.6 is 11.6 Å². The molecule has 0 nitrogen and oxygen atoms in total. The molecule has 1 aliphatic rings. The molecule has 1 aromatic rings. The van der Waals surface area contributed by atoms with Gasteiger partial charge in [0.05, 0.1) is 0 Å². The highest BCUT2D eigenvalue weighted by Gasteiger charge is 2.31. The van der Waals surface area contributed by atoms with E-state index in [0.717, 1.165) is 18.4 Å². The number of aryl methyl sites for hydroxylation is 1. The molecular weight excluding hydrogens is 295 g/mol. The first-order valence-electron chi connectivity index (χ1n) is 9.09. The van der Waals surface area contributed by atoms with Crippen LogP contribution in [0.4, 0.5) is 4.39 Å². The van der Waals surface area contributed by atoms with Gasteiger partial charge in [0.25, 0.3) is 0 Å². The molecular formula is C20H30ClF. The van der Waals surface area contributed by atoms with Crippen LogP contribution in [-0.2, 0) is 6.42 Å². The first kappa shape index (κ1) is 17.8. The van der Waals surface area contributed by atoms with Crippen LogP contribution in [-0.4, -0.2) is 0 Å². The molecule has 0 heterocycles. The van der Waals surface area contributed by atoms with E-state index in [1.54, 1.807) is 0 Å². The monoisotopic (exact) mass is 324 g/mol. The SMILES string of the molecule is CCCCCCC1(CCc2ccc(Cl)cc2F)CCCCC1. The highest BCUT2D eigenvalue weighted by atomic mass is 35.5. The van der Waals surface area contributed by atoms with Crippen molar-refractivity contribution in [2.45, 2.75) is 84.0 Å². The number of hydrogen-bond acceptors (Lipinski definition) is 0. The molecule has 0 N–H and O–H groups in total. The lowest BCUT2D eigenvalue weighted by molar-refractivity contribution is 0.151. The molecule has 1 saturated carbocycles.